The van der Waals surface area contributed by atoms with Crippen molar-refractivity contribution in [1.29, 1.82) is 0 Å². The average Bonchev–Trinajstić information content (AvgIpc) is 3.17. The van der Waals surface area contributed by atoms with E-state index < -0.39 is 15.2 Å². The van der Waals surface area contributed by atoms with Gasteiger partial charge in [0.2, 0.25) is 0 Å². The predicted molar refractivity (Wildman–Crippen MR) is 213 cm³/mol. The maximum absolute atomic E-state index is 10.9. The number of rotatable bonds is 22. The van der Waals surface area contributed by atoms with Crippen molar-refractivity contribution in [3.05, 3.63) is 110 Å². The van der Waals surface area contributed by atoms with E-state index in [0.29, 0.717) is 12.8 Å². The van der Waals surface area contributed by atoms with Crippen molar-refractivity contribution in [3.63, 3.8) is 0 Å². The molecule has 10 nitrogen and oxygen atoms in total. The van der Waals surface area contributed by atoms with Gasteiger partial charge in [0.05, 0.1) is 11.4 Å². The van der Waals surface area contributed by atoms with Gasteiger partial charge in [-0.2, -0.15) is 0 Å². The molecule has 54 heavy (non-hydrogen) atoms. The van der Waals surface area contributed by atoms with Gasteiger partial charge in [-0.25, -0.2) is 19.1 Å². The molecule has 0 fully saturated rings. The number of nitrogens with zero attached hydrogens (tertiary/aromatic N) is 4. The van der Waals surface area contributed by atoms with Crippen LogP contribution < -0.4 is 9.13 Å². The van der Waals surface area contributed by atoms with Gasteiger partial charge in [-0.05, 0) is 54.0 Å². The summed E-state index contributed by atoms with van der Waals surface area (Å²) in [4.78, 5) is 44.9. The Labute approximate surface area is 319 Å². The van der Waals surface area contributed by atoms with Crippen molar-refractivity contribution in [2.24, 2.45) is 0 Å². The molecule has 0 atom stereocenters. The van der Waals surface area contributed by atoms with Crippen molar-refractivity contribution in [3.8, 4) is 44.8 Å². The first-order valence-electron chi connectivity index (χ1n) is 19.1. The summed E-state index contributed by atoms with van der Waals surface area (Å²) >= 11 is 0. The Morgan fingerprint density at radius 2 is 0.704 bits per heavy atom. The molecule has 0 saturated heterocycles. The van der Waals surface area contributed by atoms with E-state index in [1.165, 1.54) is 0 Å². The van der Waals surface area contributed by atoms with Gasteiger partial charge >= 0.3 is 15.2 Å². The van der Waals surface area contributed by atoms with Crippen molar-refractivity contribution < 1.29 is 37.8 Å². The minimum absolute atomic E-state index is 0.00580. The van der Waals surface area contributed by atoms with Crippen LogP contribution in [-0.2, 0) is 22.2 Å². The number of hydrogen-bond acceptors (Lipinski definition) is 4. The quantitative estimate of drug-likeness (QED) is 0.0310. The van der Waals surface area contributed by atoms with Crippen LogP contribution in [0.15, 0.2) is 110 Å². The van der Waals surface area contributed by atoms with Crippen LogP contribution in [0.25, 0.3) is 44.8 Å². The first-order valence-corrected chi connectivity index (χ1v) is 22.7. The summed E-state index contributed by atoms with van der Waals surface area (Å²) in [6, 6.07) is 27.5. The zero-order chi connectivity index (χ0) is 38.2. The topological polar surface area (TPSA) is 149 Å². The SMILES string of the molecule is O=P(O)(O)CCCCCCCC[n+]1ccc(-c2ccc(-c3cc(-c4ccc(-c5cc[n+](CCCCCCCCP(=O)(O)O)cc5)cc4)ncn3)cc2)cc1. The molecule has 0 aliphatic heterocycles. The van der Waals surface area contributed by atoms with Gasteiger partial charge in [0, 0.05) is 60.6 Å². The van der Waals surface area contributed by atoms with Gasteiger partial charge < -0.3 is 19.6 Å². The summed E-state index contributed by atoms with van der Waals surface area (Å²) in [6.07, 6.45) is 21.6. The van der Waals surface area contributed by atoms with E-state index in [-0.39, 0.29) is 12.3 Å². The van der Waals surface area contributed by atoms with Crippen molar-refractivity contribution in [2.75, 3.05) is 12.3 Å². The first-order chi connectivity index (χ1) is 26.0. The van der Waals surface area contributed by atoms with Gasteiger partial charge in [0.25, 0.3) is 0 Å². The van der Waals surface area contributed by atoms with Crippen LogP contribution in [0.3, 0.4) is 0 Å². The molecule has 0 bridgehead atoms. The monoisotopic (exact) mass is 772 g/mol. The summed E-state index contributed by atoms with van der Waals surface area (Å²) < 4.78 is 26.3. The highest BCUT2D eigenvalue weighted by Crippen LogP contribution is 2.36. The molecular weight excluding hydrogens is 718 g/mol. The van der Waals surface area contributed by atoms with Crippen LogP contribution in [0.5, 0.6) is 0 Å². The lowest BCUT2D eigenvalue weighted by atomic mass is 10.0. The molecule has 0 unspecified atom stereocenters. The Balaban J connectivity index is 1.06. The van der Waals surface area contributed by atoms with E-state index in [0.717, 1.165) is 122 Å². The summed E-state index contributed by atoms with van der Waals surface area (Å²) in [5.41, 5.74) is 8.40. The van der Waals surface area contributed by atoms with Gasteiger partial charge in [-0.15, -0.1) is 0 Å². The second-order valence-electron chi connectivity index (χ2n) is 14.1. The number of benzene rings is 2. The fourth-order valence-corrected chi connectivity index (χ4v) is 7.85. The van der Waals surface area contributed by atoms with Crippen LogP contribution in [-0.4, -0.2) is 41.9 Å². The molecule has 4 N–H and O–H groups in total. The molecule has 3 heterocycles. The molecule has 0 spiro atoms. The maximum atomic E-state index is 10.9. The van der Waals surface area contributed by atoms with Crippen LogP contribution in [0, 0.1) is 0 Å². The molecule has 0 aliphatic rings. The Kier molecular flexibility index (Phi) is 15.8. The normalized spacial score (nSPS) is 11.9. The Morgan fingerprint density at radius 1 is 0.407 bits per heavy atom. The number of aryl methyl sites for hydroxylation is 2. The highest BCUT2D eigenvalue weighted by molar-refractivity contribution is 7.52. The molecule has 0 saturated carbocycles. The van der Waals surface area contributed by atoms with Crippen molar-refractivity contribution >= 4 is 15.2 Å². The lowest BCUT2D eigenvalue weighted by molar-refractivity contribution is -0.697. The second kappa shape index (κ2) is 20.7. The van der Waals surface area contributed by atoms with Gasteiger partial charge in [-0.1, -0.05) is 87.1 Å². The zero-order valence-electron chi connectivity index (χ0n) is 31.0. The fourth-order valence-electron chi connectivity index (χ4n) is 6.58. The molecule has 12 heteroatoms. The zero-order valence-corrected chi connectivity index (χ0v) is 32.8. The number of aromatic nitrogens is 4. The highest BCUT2D eigenvalue weighted by Gasteiger charge is 2.13. The predicted octanol–water partition coefficient (Wildman–Crippen LogP) is 8.76. The number of unbranched alkanes of at least 4 members (excludes halogenated alkanes) is 10. The highest BCUT2D eigenvalue weighted by atomic mass is 31.2. The van der Waals surface area contributed by atoms with E-state index in [1.807, 2.05) is 6.07 Å². The van der Waals surface area contributed by atoms with E-state index in [2.05, 4.69) is 117 Å². The molecule has 0 amide bonds. The maximum Gasteiger partial charge on any atom is 0.325 e. The summed E-state index contributed by atoms with van der Waals surface area (Å²) in [7, 11) is -7.71. The second-order valence-corrected chi connectivity index (χ2v) is 17.7. The smallest absolute Gasteiger partial charge is 0.324 e. The minimum atomic E-state index is -3.86. The third-order valence-electron chi connectivity index (χ3n) is 9.71. The molecule has 5 rings (SSSR count). The lowest BCUT2D eigenvalue weighted by Crippen LogP contribution is -2.32. The van der Waals surface area contributed by atoms with Crippen LogP contribution >= 0.6 is 15.2 Å². The molecule has 0 aliphatic carbocycles. The Hall–Kier alpha value is -3.88. The molecule has 3 aromatic heterocycles. The minimum Gasteiger partial charge on any atom is -0.324 e. The average molecular weight is 773 g/mol. The van der Waals surface area contributed by atoms with Gasteiger partial charge in [0.1, 0.15) is 19.4 Å². The molecular formula is C42H54N4O6P2+2. The van der Waals surface area contributed by atoms with E-state index in [4.69, 9.17) is 19.6 Å². The van der Waals surface area contributed by atoms with Crippen LogP contribution in [0.1, 0.15) is 77.0 Å². The number of hydrogen-bond donors (Lipinski definition) is 4. The Morgan fingerprint density at radius 3 is 1.06 bits per heavy atom. The molecule has 5 aromatic rings. The summed E-state index contributed by atoms with van der Waals surface area (Å²) in [6.45, 7) is 1.90. The van der Waals surface area contributed by atoms with E-state index in [1.54, 1.807) is 6.33 Å². The third-order valence-corrected chi connectivity index (χ3v) is 11.5. The van der Waals surface area contributed by atoms with Crippen LogP contribution in [0.2, 0.25) is 0 Å². The van der Waals surface area contributed by atoms with E-state index in [9.17, 15) is 9.13 Å². The molecule has 2 aromatic carbocycles. The molecule has 0 radical (unpaired) electrons. The summed E-state index contributed by atoms with van der Waals surface area (Å²) in [5.74, 6) is 0. The Bertz CT molecular complexity index is 1820. The summed E-state index contributed by atoms with van der Waals surface area (Å²) in [5, 5.41) is 0. The number of pyridine rings is 2. The lowest BCUT2D eigenvalue weighted by Gasteiger charge is -2.07. The van der Waals surface area contributed by atoms with E-state index >= 15 is 0 Å². The molecule has 286 valence electrons. The van der Waals surface area contributed by atoms with Crippen molar-refractivity contribution in [1.82, 2.24) is 9.97 Å². The largest absolute Gasteiger partial charge is 0.325 e. The first kappa shape index (κ1) is 41.3. The fraction of sp³-hybridized carbons (Fsp3) is 0.381. The third kappa shape index (κ3) is 14.4. The van der Waals surface area contributed by atoms with Gasteiger partial charge in [-0.3, -0.25) is 9.13 Å². The van der Waals surface area contributed by atoms with Gasteiger partial charge in [0.15, 0.2) is 24.8 Å². The van der Waals surface area contributed by atoms with Crippen molar-refractivity contribution in [2.45, 2.75) is 90.1 Å². The van der Waals surface area contributed by atoms with Crippen LogP contribution in [0.4, 0.5) is 0 Å². The standard InChI is InChI=1S/C42H52N4O6P2/c47-53(48,49)31-11-7-3-1-5-9-25-45-27-21-37(22-28-45)35-13-17-39(18-14-35)41-33-42(44-34-43-41)40-19-15-36(16-20-40)38-23-29-46(30-24-38)26-10-6-2-4-8-12-32-54(50,51)52/h13-24,27-30,33-34H,1-12,25-26,31-32H2,(H2-2,47,48,49,50,51,52)/p+2.